The average molecular weight is 97.2 g/mol. The lowest BCUT2D eigenvalue weighted by Gasteiger charge is -2.39. The van der Waals surface area contributed by atoms with Crippen LogP contribution in [0.3, 0.4) is 0 Å². The Morgan fingerprint density at radius 3 is 2.14 bits per heavy atom. The largest absolute Gasteiger partial charge is 0.383 e. The third-order valence-corrected chi connectivity index (χ3v) is 1.17. The Bertz CT molecular complexity index is 92.7. The van der Waals surface area contributed by atoms with E-state index in [0.29, 0.717) is 5.54 Å². The Labute approximate surface area is 44.4 Å². The number of hydrogen-bond donors (Lipinski definition) is 1. The molecular weight excluding hydrogens is 86.1 g/mol. The Hall–Kier alpha value is -0.460. The number of rotatable bonds is 0. The van der Waals surface area contributed by atoms with Crippen LogP contribution in [0.2, 0.25) is 0 Å². The molecule has 0 saturated carbocycles. The van der Waals surface area contributed by atoms with Crippen LogP contribution < -0.4 is 5.32 Å². The highest BCUT2D eigenvalue weighted by atomic mass is 15.0. The minimum Gasteiger partial charge on any atom is -0.383 e. The molecule has 0 aromatic carbocycles. The molecule has 1 saturated heterocycles. The summed E-state index contributed by atoms with van der Waals surface area (Å²) in [7, 11) is 0. The maximum Gasteiger partial charge on any atom is 0.0368 e. The highest BCUT2D eigenvalue weighted by molar-refractivity contribution is 5.12. The van der Waals surface area contributed by atoms with E-state index in [1.807, 2.05) is 0 Å². The fourth-order valence-corrected chi connectivity index (χ4v) is 0.994. The summed E-state index contributed by atoms with van der Waals surface area (Å²) in [6.07, 6.45) is 1.13. The van der Waals surface area contributed by atoms with Crippen molar-refractivity contribution in [3.63, 3.8) is 0 Å². The molecule has 0 aliphatic carbocycles. The van der Waals surface area contributed by atoms with Gasteiger partial charge in [0.1, 0.15) is 0 Å². The van der Waals surface area contributed by atoms with Gasteiger partial charge in [0.25, 0.3) is 0 Å². The summed E-state index contributed by atoms with van der Waals surface area (Å²) >= 11 is 0. The average Bonchev–Trinajstić information content (AvgIpc) is 1.27. The van der Waals surface area contributed by atoms with Gasteiger partial charge in [-0.2, -0.15) is 0 Å². The van der Waals surface area contributed by atoms with E-state index in [1.54, 1.807) is 0 Å². The van der Waals surface area contributed by atoms with E-state index in [2.05, 4.69) is 25.7 Å². The van der Waals surface area contributed by atoms with E-state index in [-0.39, 0.29) is 0 Å². The van der Waals surface area contributed by atoms with Gasteiger partial charge < -0.3 is 5.32 Å². The Kier molecular flexibility index (Phi) is 0.689. The summed E-state index contributed by atoms with van der Waals surface area (Å²) in [5.74, 6) is 0. The molecule has 7 heavy (non-hydrogen) atoms. The molecular formula is C6H11N. The van der Waals surface area contributed by atoms with Crippen LogP contribution in [0.5, 0.6) is 0 Å². The summed E-state index contributed by atoms with van der Waals surface area (Å²) in [5.41, 5.74) is 1.52. The smallest absolute Gasteiger partial charge is 0.0368 e. The zero-order valence-electron chi connectivity index (χ0n) is 4.91. The third kappa shape index (κ3) is 0.763. The molecule has 0 radical (unpaired) electrons. The van der Waals surface area contributed by atoms with Gasteiger partial charge in [0.2, 0.25) is 0 Å². The van der Waals surface area contributed by atoms with Crippen LogP contribution in [-0.4, -0.2) is 5.54 Å². The van der Waals surface area contributed by atoms with E-state index in [1.165, 1.54) is 5.70 Å². The van der Waals surface area contributed by atoms with Gasteiger partial charge in [-0.3, -0.25) is 0 Å². The molecule has 0 unspecified atom stereocenters. The quantitative estimate of drug-likeness (QED) is 0.480. The molecule has 1 N–H and O–H groups in total. The molecule has 0 aromatic rings. The van der Waals surface area contributed by atoms with Crippen LogP contribution >= 0.6 is 0 Å². The van der Waals surface area contributed by atoms with E-state index < -0.39 is 0 Å². The van der Waals surface area contributed by atoms with Crippen LogP contribution in [-0.2, 0) is 0 Å². The SMILES string of the molecule is C=C1CC(C)(C)N1. The zero-order valence-corrected chi connectivity index (χ0v) is 4.91. The van der Waals surface area contributed by atoms with Gasteiger partial charge in [-0.05, 0) is 13.8 Å². The fourth-order valence-electron chi connectivity index (χ4n) is 0.994. The third-order valence-electron chi connectivity index (χ3n) is 1.17. The minimum absolute atomic E-state index is 0.344. The first-order valence-corrected chi connectivity index (χ1v) is 2.56. The topological polar surface area (TPSA) is 12.0 Å². The van der Waals surface area contributed by atoms with Crippen molar-refractivity contribution in [2.24, 2.45) is 0 Å². The summed E-state index contributed by atoms with van der Waals surface area (Å²) in [6.45, 7) is 8.08. The molecule has 40 valence electrons. The summed E-state index contributed by atoms with van der Waals surface area (Å²) < 4.78 is 0. The predicted octanol–water partition coefficient (Wildman–Crippen LogP) is 1.27. The van der Waals surface area contributed by atoms with Gasteiger partial charge in [0, 0.05) is 17.7 Å². The van der Waals surface area contributed by atoms with E-state index in [4.69, 9.17) is 0 Å². The molecule has 1 aliphatic heterocycles. The fraction of sp³-hybridized carbons (Fsp3) is 0.667. The lowest BCUT2D eigenvalue weighted by atomic mass is 9.90. The molecule has 1 rings (SSSR count). The normalized spacial score (nSPS) is 25.7. The van der Waals surface area contributed by atoms with Crippen molar-refractivity contribution in [1.29, 1.82) is 0 Å². The summed E-state index contributed by atoms with van der Waals surface area (Å²) in [5, 5.41) is 3.19. The van der Waals surface area contributed by atoms with Gasteiger partial charge in [0.05, 0.1) is 0 Å². The Balaban J connectivity index is 2.43. The van der Waals surface area contributed by atoms with Gasteiger partial charge in [-0.1, -0.05) is 6.58 Å². The van der Waals surface area contributed by atoms with Crippen molar-refractivity contribution >= 4 is 0 Å². The second-order valence-electron chi connectivity index (χ2n) is 2.79. The Morgan fingerprint density at radius 1 is 1.71 bits per heavy atom. The van der Waals surface area contributed by atoms with Crippen molar-refractivity contribution in [1.82, 2.24) is 5.32 Å². The second-order valence-corrected chi connectivity index (χ2v) is 2.79. The van der Waals surface area contributed by atoms with Crippen molar-refractivity contribution < 1.29 is 0 Å². The first-order valence-electron chi connectivity index (χ1n) is 2.56. The molecule has 0 spiro atoms. The lowest BCUT2D eigenvalue weighted by molar-refractivity contribution is 0.325. The lowest BCUT2D eigenvalue weighted by Crippen LogP contribution is -2.49. The standard InChI is InChI=1S/C6H11N/c1-5-4-6(2,3)7-5/h7H,1,4H2,2-3H3. The van der Waals surface area contributed by atoms with E-state index in [9.17, 15) is 0 Å². The van der Waals surface area contributed by atoms with Crippen molar-refractivity contribution in [2.75, 3.05) is 0 Å². The molecule has 1 heteroatoms. The van der Waals surface area contributed by atoms with Crippen LogP contribution in [0, 0.1) is 0 Å². The van der Waals surface area contributed by atoms with Gasteiger partial charge in [0.15, 0.2) is 0 Å². The van der Waals surface area contributed by atoms with Gasteiger partial charge in [-0.15, -0.1) is 0 Å². The van der Waals surface area contributed by atoms with Crippen LogP contribution in [0.1, 0.15) is 20.3 Å². The summed E-state index contributed by atoms with van der Waals surface area (Å²) in [6, 6.07) is 0. The van der Waals surface area contributed by atoms with Crippen LogP contribution in [0.15, 0.2) is 12.3 Å². The molecule has 1 heterocycles. The van der Waals surface area contributed by atoms with Crippen LogP contribution in [0.25, 0.3) is 0 Å². The Morgan fingerprint density at radius 2 is 2.14 bits per heavy atom. The van der Waals surface area contributed by atoms with Crippen molar-refractivity contribution in [3.05, 3.63) is 12.3 Å². The van der Waals surface area contributed by atoms with Crippen molar-refractivity contribution in [2.45, 2.75) is 25.8 Å². The number of nitrogens with one attached hydrogen (secondary N) is 1. The molecule has 0 atom stereocenters. The highest BCUT2D eigenvalue weighted by Crippen LogP contribution is 2.23. The zero-order chi connectivity index (χ0) is 5.49. The molecule has 1 fully saturated rings. The predicted molar refractivity (Wildman–Crippen MR) is 31.0 cm³/mol. The van der Waals surface area contributed by atoms with Gasteiger partial charge in [-0.25, -0.2) is 0 Å². The first-order chi connectivity index (χ1) is 3.10. The molecule has 1 nitrogen and oxygen atoms in total. The molecule has 0 aromatic heterocycles. The van der Waals surface area contributed by atoms with E-state index in [0.717, 1.165) is 6.42 Å². The molecule has 1 aliphatic rings. The molecule has 0 amide bonds. The second kappa shape index (κ2) is 1.03. The highest BCUT2D eigenvalue weighted by Gasteiger charge is 2.27. The maximum atomic E-state index is 3.74. The summed E-state index contributed by atoms with van der Waals surface area (Å²) in [4.78, 5) is 0. The minimum atomic E-state index is 0.344. The monoisotopic (exact) mass is 97.1 g/mol. The first kappa shape index (κ1) is 4.69. The van der Waals surface area contributed by atoms with Gasteiger partial charge >= 0.3 is 0 Å². The molecule has 0 bridgehead atoms. The van der Waals surface area contributed by atoms with Crippen LogP contribution in [0.4, 0.5) is 0 Å². The van der Waals surface area contributed by atoms with Crippen molar-refractivity contribution in [3.8, 4) is 0 Å². The van der Waals surface area contributed by atoms with E-state index >= 15 is 0 Å². The number of hydrogen-bond acceptors (Lipinski definition) is 1. The maximum absolute atomic E-state index is 3.74.